The highest BCUT2D eigenvalue weighted by molar-refractivity contribution is 8.18. The van der Waals surface area contributed by atoms with Gasteiger partial charge in [-0.25, -0.2) is 9.67 Å². The molecule has 0 radical (unpaired) electrons. The molecule has 1 saturated heterocycles. The fourth-order valence-corrected chi connectivity index (χ4v) is 7.33. The maximum Gasteiger partial charge on any atom is 0.137 e. The van der Waals surface area contributed by atoms with Gasteiger partial charge in [0.25, 0.3) is 0 Å². The van der Waals surface area contributed by atoms with Crippen molar-refractivity contribution in [3.8, 4) is 0 Å². The first kappa shape index (κ1) is 16.5. The van der Waals surface area contributed by atoms with Crippen molar-refractivity contribution in [3.05, 3.63) is 46.5 Å². The lowest BCUT2D eigenvalue weighted by molar-refractivity contribution is 0.408. The molecule has 1 aromatic heterocycles. The summed E-state index contributed by atoms with van der Waals surface area (Å²) in [4.78, 5) is 4.13. The summed E-state index contributed by atoms with van der Waals surface area (Å²) >= 11 is 16.6. The number of aromatic nitrogens is 3. The van der Waals surface area contributed by atoms with Crippen LogP contribution >= 0.6 is 46.7 Å². The van der Waals surface area contributed by atoms with E-state index in [9.17, 15) is 0 Å². The lowest BCUT2D eigenvalue weighted by Crippen LogP contribution is -2.34. The lowest BCUT2D eigenvalue weighted by Gasteiger charge is -2.42. The molecular formula is C15H17Cl2N3S2. The minimum atomic E-state index is -0.150. The van der Waals surface area contributed by atoms with Crippen molar-refractivity contribution in [2.75, 3.05) is 11.5 Å². The second kappa shape index (κ2) is 7.04. The van der Waals surface area contributed by atoms with Crippen molar-refractivity contribution in [2.24, 2.45) is 0 Å². The monoisotopic (exact) mass is 373 g/mol. The van der Waals surface area contributed by atoms with Crippen LogP contribution in [0.5, 0.6) is 0 Å². The van der Waals surface area contributed by atoms with Crippen LogP contribution in [0.15, 0.2) is 30.9 Å². The molecule has 1 unspecified atom stereocenters. The number of benzene rings is 1. The Bertz CT molecular complexity index is 628. The Balaban J connectivity index is 2.11. The Labute approximate surface area is 149 Å². The van der Waals surface area contributed by atoms with E-state index >= 15 is 0 Å². The maximum absolute atomic E-state index is 6.56. The highest BCUT2D eigenvalue weighted by Crippen LogP contribution is 2.59. The third kappa shape index (κ3) is 3.01. The molecule has 0 saturated carbocycles. The minimum absolute atomic E-state index is 0.150. The average Bonchev–Trinajstić information content (AvgIpc) is 3.03. The molecule has 0 aliphatic carbocycles. The third-order valence-electron chi connectivity index (χ3n) is 3.81. The fourth-order valence-electron chi connectivity index (χ4n) is 2.86. The summed E-state index contributed by atoms with van der Waals surface area (Å²) in [5.41, 5.74) is 1.13. The Kier molecular flexibility index (Phi) is 5.28. The average molecular weight is 374 g/mol. The smallest absolute Gasteiger partial charge is 0.137 e. The van der Waals surface area contributed by atoms with E-state index in [2.05, 4.69) is 23.1 Å². The van der Waals surface area contributed by atoms with E-state index in [1.807, 2.05) is 40.3 Å². The Morgan fingerprint density at radius 2 is 2.09 bits per heavy atom. The fraction of sp³-hybridized carbons (Fsp3) is 0.467. The topological polar surface area (TPSA) is 30.7 Å². The van der Waals surface area contributed by atoms with E-state index in [0.29, 0.717) is 5.02 Å². The summed E-state index contributed by atoms with van der Waals surface area (Å²) < 4.78 is 1.82. The van der Waals surface area contributed by atoms with Gasteiger partial charge in [-0.05, 0) is 42.0 Å². The van der Waals surface area contributed by atoms with Gasteiger partial charge in [0, 0.05) is 10.0 Å². The van der Waals surface area contributed by atoms with Crippen molar-refractivity contribution in [2.45, 2.75) is 29.9 Å². The molecule has 118 valence electrons. The SMILES string of the molecule is CCC(n1cncn1)C1(c2ccc(Cl)cc2Cl)SCCCS1. The largest absolute Gasteiger partial charge is 0.247 e. The van der Waals surface area contributed by atoms with Crippen molar-refractivity contribution in [1.29, 1.82) is 0 Å². The number of rotatable bonds is 4. The molecule has 1 aromatic carbocycles. The summed E-state index contributed by atoms with van der Waals surface area (Å²) in [7, 11) is 0. The molecule has 2 heterocycles. The van der Waals surface area contributed by atoms with Gasteiger partial charge < -0.3 is 0 Å². The highest BCUT2D eigenvalue weighted by Gasteiger charge is 2.45. The summed E-state index contributed by atoms with van der Waals surface area (Å²) in [6.07, 6.45) is 5.58. The van der Waals surface area contributed by atoms with Crippen LogP contribution in [0.1, 0.15) is 31.4 Å². The lowest BCUT2D eigenvalue weighted by atomic mass is 10.0. The molecule has 1 aliphatic rings. The number of halogens is 2. The van der Waals surface area contributed by atoms with Crippen molar-refractivity contribution in [1.82, 2.24) is 14.8 Å². The van der Waals surface area contributed by atoms with Crippen molar-refractivity contribution >= 4 is 46.7 Å². The Morgan fingerprint density at radius 1 is 1.32 bits per heavy atom. The second-order valence-corrected chi connectivity index (χ2v) is 8.93. The number of thioether (sulfide) groups is 2. The second-order valence-electron chi connectivity index (χ2n) is 5.14. The molecule has 0 N–H and O–H groups in total. The van der Waals surface area contributed by atoms with Crippen molar-refractivity contribution < 1.29 is 0 Å². The van der Waals surface area contributed by atoms with Gasteiger partial charge in [-0.1, -0.05) is 36.2 Å². The molecule has 2 aromatic rings. The summed E-state index contributed by atoms with van der Waals surface area (Å²) in [6, 6.07) is 6.03. The number of hydrogen-bond acceptors (Lipinski definition) is 4. The Morgan fingerprint density at radius 3 is 2.68 bits per heavy atom. The van der Waals surface area contributed by atoms with Crippen molar-refractivity contribution in [3.63, 3.8) is 0 Å². The zero-order valence-electron chi connectivity index (χ0n) is 12.2. The van der Waals surface area contributed by atoms with Crippen LogP contribution in [0.4, 0.5) is 0 Å². The van der Waals surface area contributed by atoms with Gasteiger partial charge >= 0.3 is 0 Å². The van der Waals surface area contributed by atoms with E-state index in [-0.39, 0.29) is 10.1 Å². The first-order chi connectivity index (χ1) is 10.7. The molecular weight excluding hydrogens is 357 g/mol. The van der Waals surface area contributed by atoms with Gasteiger partial charge in [0.05, 0.1) is 6.04 Å². The predicted octanol–water partition coefficient (Wildman–Crippen LogP) is 5.26. The summed E-state index contributed by atoms with van der Waals surface area (Å²) in [6.45, 7) is 2.19. The molecule has 7 heteroatoms. The zero-order valence-corrected chi connectivity index (χ0v) is 15.4. The molecule has 22 heavy (non-hydrogen) atoms. The van der Waals surface area contributed by atoms with Gasteiger partial charge in [-0.15, -0.1) is 23.5 Å². The maximum atomic E-state index is 6.56. The minimum Gasteiger partial charge on any atom is -0.247 e. The molecule has 3 nitrogen and oxygen atoms in total. The first-order valence-electron chi connectivity index (χ1n) is 7.25. The van der Waals surface area contributed by atoms with Gasteiger partial charge in [0.15, 0.2) is 0 Å². The van der Waals surface area contributed by atoms with Crippen LogP contribution in [0, 0.1) is 0 Å². The van der Waals surface area contributed by atoms with Crippen LogP contribution in [0.2, 0.25) is 10.0 Å². The van der Waals surface area contributed by atoms with E-state index in [1.165, 1.54) is 6.42 Å². The number of hydrogen-bond donors (Lipinski definition) is 0. The van der Waals surface area contributed by atoms with Gasteiger partial charge in [0.1, 0.15) is 16.7 Å². The zero-order chi connectivity index (χ0) is 15.6. The molecule has 1 aliphatic heterocycles. The molecule has 3 rings (SSSR count). The van der Waals surface area contributed by atoms with E-state index in [1.54, 1.807) is 12.7 Å². The van der Waals surface area contributed by atoms with Gasteiger partial charge in [0.2, 0.25) is 0 Å². The predicted molar refractivity (Wildman–Crippen MR) is 97.0 cm³/mol. The summed E-state index contributed by atoms with van der Waals surface area (Å²) in [5, 5.41) is 5.79. The van der Waals surface area contributed by atoms with Crippen LogP contribution in [-0.4, -0.2) is 26.3 Å². The molecule has 0 bridgehead atoms. The van der Waals surface area contributed by atoms with Crippen LogP contribution < -0.4 is 0 Å². The van der Waals surface area contributed by atoms with E-state index in [0.717, 1.165) is 28.5 Å². The van der Waals surface area contributed by atoms with Crippen LogP contribution in [0.3, 0.4) is 0 Å². The third-order valence-corrected chi connectivity index (χ3v) is 7.89. The first-order valence-corrected chi connectivity index (χ1v) is 9.97. The number of nitrogens with zero attached hydrogens (tertiary/aromatic N) is 3. The van der Waals surface area contributed by atoms with E-state index < -0.39 is 0 Å². The van der Waals surface area contributed by atoms with E-state index in [4.69, 9.17) is 23.2 Å². The molecule has 0 amide bonds. The normalized spacial score (nSPS) is 19.0. The Hall–Kier alpha value is -0.360. The van der Waals surface area contributed by atoms with Crippen LogP contribution in [0.25, 0.3) is 0 Å². The molecule has 0 spiro atoms. The van der Waals surface area contributed by atoms with Gasteiger partial charge in [-0.3, -0.25) is 0 Å². The standard InChI is InChI=1S/C15H17Cl2N3S2/c1-2-14(20-10-18-9-19-20)15(21-6-3-7-22-15)12-5-4-11(16)8-13(12)17/h4-5,8-10,14H,2-3,6-7H2,1H3. The molecule has 1 atom stereocenters. The van der Waals surface area contributed by atoms with Crippen LogP contribution in [-0.2, 0) is 4.08 Å². The molecule has 1 fully saturated rings. The highest BCUT2D eigenvalue weighted by atomic mass is 35.5. The quantitative estimate of drug-likeness (QED) is 0.731. The van der Waals surface area contributed by atoms with Gasteiger partial charge in [-0.2, -0.15) is 5.10 Å². The summed E-state index contributed by atoms with van der Waals surface area (Å²) in [5.74, 6) is 2.24.